The fourth-order valence-electron chi connectivity index (χ4n) is 0. The van der Waals surface area contributed by atoms with E-state index in [1.807, 2.05) is 0 Å². The van der Waals surface area contributed by atoms with E-state index in [1.54, 1.807) is 0 Å². The Morgan fingerprint density at radius 1 is 1.00 bits per heavy atom. The third kappa shape index (κ3) is 9.88. The molecule has 26 valence electrons. The first kappa shape index (κ1) is 5.44. The van der Waals surface area contributed by atoms with E-state index in [2.05, 4.69) is 47.8 Å². The van der Waals surface area contributed by atoms with Crippen molar-refractivity contribution in [1.82, 2.24) is 0 Å². The summed E-state index contributed by atoms with van der Waals surface area (Å²) in [6.07, 6.45) is 0. The largest absolute Gasteiger partial charge is 0.292 e. The van der Waals surface area contributed by atoms with Gasteiger partial charge in [-0.3, -0.25) is 47.8 Å². The number of rotatable bonds is 0. The molecule has 0 N–H and O–H groups in total. The van der Waals surface area contributed by atoms with Gasteiger partial charge in [0.25, 0.3) is 0 Å². The van der Waals surface area contributed by atoms with Crippen LogP contribution in [0.5, 0.6) is 0 Å². The lowest BCUT2D eigenvalue weighted by Crippen LogP contribution is -1.31. The number of halogens is 3. The monoisotopic (exact) mass is 249 g/mol. The minimum absolute atomic E-state index is 0.854. The van der Waals surface area contributed by atoms with Gasteiger partial charge in [0.1, 0.15) is 0 Å². The molecule has 0 saturated carbocycles. The van der Waals surface area contributed by atoms with Crippen LogP contribution >= 0.6 is 47.8 Å². The van der Waals surface area contributed by atoms with E-state index >= 15 is 0 Å². The minimum Gasteiger partial charge on any atom is -0.292 e. The molecule has 0 aromatic carbocycles. The Morgan fingerprint density at radius 3 is 1.00 bits per heavy atom. The number of hydrogen-bond donors (Lipinski definition) is 0. The molecule has 0 saturated heterocycles. The standard InChI is InChI=1S/CBr3/c2-1(3)4/q-1. The van der Waals surface area contributed by atoms with Gasteiger partial charge in [0, 0.05) is 0 Å². The smallest absolute Gasteiger partial charge is 0.123 e. The molecule has 0 nitrogen and oxygen atoms in total. The lowest BCUT2D eigenvalue weighted by atomic mass is 12.0. The molecule has 0 spiro atoms. The van der Waals surface area contributed by atoms with Gasteiger partial charge in [-0.2, -0.15) is 0 Å². The molecule has 0 radical (unpaired) electrons. The Bertz CT molecular complexity index is 8.00. The average Bonchev–Trinajstić information content (AvgIpc) is 0.811. The highest BCUT2D eigenvalue weighted by atomic mass is 80.0. The zero-order valence-electron chi connectivity index (χ0n) is 1.63. The first-order valence-electron chi connectivity index (χ1n) is 0.567. The molecule has 0 aliphatic heterocycles. The Hall–Kier alpha value is 1.44. The van der Waals surface area contributed by atoms with Crippen molar-refractivity contribution >= 4 is 47.8 Å². The molecule has 0 aromatic rings. The lowest BCUT2D eigenvalue weighted by Gasteiger charge is -1.94. The SMILES string of the molecule is Br[C-](Br)Br. The van der Waals surface area contributed by atoms with Crippen LogP contribution in [0.15, 0.2) is 0 Å². The van der Waals surface area contributed by atoms with Gasteiger partial charge in [-0.05, 0) is 0 Å². The summed E-state index contributed by atoms with van der Waals surface area (Å²) in [4.78, 5) is 0. The third-order valence-electron chi connectivity index (χ3n) is 0. The van der Waals surface area contributed by atoms with Crippen molar-refractivity contribution in [2.45, 2.75) is 0 Å². The van der Waals surface area contributed by atoms with Crippen LogP contribution in [0.1, 0.15) is 0 Å². The van der Waals surface area contributed by atoms with E-state index in [9.17, 15) is 0 Å². The van der Waals surface area contributed by atoms with Gasteiger partial charge in [-0.1, -0.05) is 0 Å². The second kappa shape index (κ2) is 2.67. The Morgan fingerprint density at radius 2 is 1.00 bits per heavy atom. The summed E-state index contributed by atoms with van der Waals surface area (Å²) in [5.74, 6) is 0. The highest BCUT2D eigenvalue weighted by molar-refractivity contribution is 9.42. The predicted molar refractivity (Wildman–Crippen MR) is 30.0 cm³/mol. The van der Waals surface area contributed by atoms with E-state index in [0.29, 0.717) is 0 Å². The van der Waals surface area contributed by atoms with E-state index in [1.165, 1.54) is 0 Å². The van der Waals surface area contributed by atoms with Gasteiger partial charge in [0.2, 0.25) is 0 Å². The molecule has 0 atom stereocenters. The van der Waals surface area contributed by atoms with Gasteiger partial charge >= 0.3 is 0 Å². The molecule has 0 amide bonds. The molecule has 0 bridgehead atoms. The third-order valence-corrected chi connectivity index (χ3v) is 0. The topological polar surface area (TPSA) is 0 Å². The van der Waals surface area contributed by atoms with E-state index in [-0.39, 0.29) is 0 Å². The van der Waals surface area contributed by atoms with Crippen molar-refractivity contribution in [2.24, 2.45) is 0 Å². The van der Waals surface area contributed by atoms with Crippen LogP contribution in [0, 0.1) is 2.65 Å². The summed E-state index contributed by atoms with van der Waals surface area (Å²) in [7, 11) is 0. The van der Waals surface area contributed by atoms with Crippen LogP contribution in [0.4, 0.5) is 0 Å². The summed E-state index contributed by atoms with van der Waals surface area (Å²) in [6.45, 7) is 0. The predicted octanol–water partition coefficient (Wildman–Crippen LogP) is 2.62. The molecule has 0 aliphatic carbocycles. The quantitative estimate of drug-likeness (QED) is 0.581. The van der Waals surface area contributed by atoms with Gasteiger partial charge in [0.05, 0.1) is 0 Å². The molecule has 0 aromatic heterocycles. The molecule has 3 heteroatoms. The maximum absolute atomic E-state index is 3.02. The zero-order valence-corrected chi connectivity index (χ0v) is 6.39. The summed E-state index contributed by atoms with van der Waals surface area (Å²) in [6, 6.07) is 0. The lowest BCUT2D eigenvalue weighted by molar-refractivity contribution is 2.76. The van der Waals surface area contributed by atoms with Gasteiger partial charge in [0.15, 0.2) is 0 Å². The number of hydrogen-bond acceptors (Lipinski definition) is 0. The van der Waals surface area contributed by atoms with Gasteiger partial charge in [-0.15, -0.1) is 2.65 Å². The average molecular weight is 252 g/mol. The molecule has 0 rings (SSSR count). The van der Waals surface area contributed by atoms with Crippen molar-refractivity contribution in [3.8, 4) is 0 Å². The maximum atomic E-state index is 3.02. The van der Waals surface area contributed by atoms with Crippen molar-refractivity contribution in [2.75, 3.05) is 0 Å². The van der Waals surface area contributed by atoms with Crippen LogP contribution < -0.4 is 0 Å². The van der Waals surface area contributed by atoms with Gasteiger partial charge < -0.3 is 0 Å². The molecular formula is CBr3-. The molecule has 4 heavy (non-hydrogen) atoms. The fraction of sp³-hybridized carbons (Fsp3) is 0. The Balaban J connectivity index is 2.32. The van der Waals surface area contributed by atoms with Crippen LogP contribution in [0.25, 0.3) is 0 Å². The van der Waals surface area contributed by atoms with Crippen molar-refractivity contribution in [1.29, 1.82) is 0 Å². The fourth-order valence-corrected chi connectivity index (χ4v) is 0. The van der Waals surface area contributed by atoms with E-state index in [0.717, 1.165) is 2.65 Å². The highest BCUT2D eigenvalue weighted by Crippen LogP contribution is 2.24. The van der Waals surface area contributed by atoms with E-state index < -0.39 is 0 Å². The highest BCUT2D eigenvalue weighted by Gasteiger charge is 1.53. The Labute approximate surface area is 50.3 Å². The van der Waals surface area contributed by atoms with Crippen LogP contribution in [-0.2, 0) is 0 Å². The Kier molecular flexibility index (Phi) is 3.62. The van der Waals surface area contributed by atoms with Crippen molar-refractivity contribution in [3.63, 3.8) is 0 Å². The van der Waals surface area contributed by atoms with Crippen LogP contribution in [0.3, 0.4) is 0 Å². The second-order valence-electron chi connectivity index (χ2n) is 0.214. The molecule has 0 unspecified atom stereocenters. The first-order chi connectivity index (χ1) is 1.73. The molecule has 0 heterocycles. The first-order valence-corrected chi connectivity index (χ1v) is 2.95. The summed E-state index contributed by atoms with van der Waals surface area (Å²) in [5.41, 5.74) is 0. The van der Waals surface area contributed by atoms with Crippen LogP contribution in [0.2, 0.25) is 0 Å². The van der Waals surface area contributed by atoms with E-state index in [4.69, 9.17) is 0 Å². The maximum Gasteiger partial charge on any atom is -0.123 e. The summed E-state index contributed by atoms with van der Waals surface area (Å²) >= 11 is 9.06. The van der Waals surface area contributed by atoms with Gasteiger partial charge in [-0.25, -0.2) is 0 Å². The summed E-state index contributed by atoms with van der Waals surface area (Å²) < 4.78 is 0.854. The molecule has 0 aliphatic rings. The summed E-state index contributed by atoms with van der Waals surface area (Å²) in [5, 5.41) is 0. The normalized spacial score (nSPS) is 9.00. The van der Waals surface area contributed by atoms with Crippen molar-refractivity contribution in [3.05, 3.63) is 2.65 Å². The zero-order chi connectivity index (χ0) is 3.58. The molecule has 0 fully saturated rings. The van der Waals surface area contributed by atoms with Crippen molar-refractivity contribution < 1.29 is 0 Å². The second-order valence-corrected chi connectivity index (χ2v) is 5.79. The molecular weight excluding hydrogens is 252 g/mol. The van der Waals surface area contributed by atoms with Crippen LogP contribution in [-0.4, -0.2) is 0 Å². The minimum atomic E-state index is 0.854.